The number of carbonyl (C=O) groups excluding carboxylic acids is 1. The molecule has 0 bridgehead atoms. The summed E-state index contributed by atoms with van der Waals surface area (Å²) in [6.45, 7) is 0. The number of rotatable bonds is 1. The van der Waals surface area contributed by atoms with Gasteiger partial charge >= 0.3 is 0 Å². The minimum absolute atomic E-state index is 0.235. The van der Waals surface area contributed by atoms with Gasteiger partial charge in [0.15, 0.2) is 0 Å². The number of aromatic hydroxyl groups is 2. The van der Waals surface area contributed by atoms with Crippen LogP contribution in [-0.2, 0) is 12.8 Å². The lowest BCUT2D eigenvalue weighted by molar-refractivity contribution is 0.100. The molecule has 0 aliphatic heterocycles. The van der Waals surface area contributed by atoms with Crippen molar-refractivity contribution in [1.29, 1.82) is 0 Å². The first-order chi connectivity index (χ1) is 9.08. The molecule has 1 aliphatic carbocycles. The number of nitrogens with two attached hydrogens (primary N) is 1. The van der Waals surface area contributed by atoms with E-state index in [4.69, 9.17) is 5.73 Å². The molecule has 2 aromatic rings. The molecule has 0 saturated heterocycles. The standard InChI is InChI=1S/C13H13N3O3/c14-11(17)8-5-6-3-1-2-4-7(6)9-10(8)16-13(19)12(18)15-9/h5H,1-4H2,(H2,14,17)(H,15,18)(H,16,19). The number of aromatic nitrogens is 2. The van der Waals surface area contributed by atoms with Gasteiger partial charge in [0.1, 0.15) is 5.52 Å². The van der Waals surface area contributed by atoms with Crippen molar-refractivity contribution in [2.45, 2.75) is 25.7 Å². The van der Waals surface area contributed by atoms with Gasteiger partial charge in [0.25, 0.3) is 17.7 Å². The van der Waals surface area contributed by atoms with Gasteiger partial charge in [0.05, 0.1) is 11.1 Å². The lowest BCUT2D eigenvalue weighted by atomic mass is 9.88. The lowest BCUT2D eigenvalue weighted by Crippen LogP contribution is -2.15. The summed E-state index contributed by atoms with van der Waals surface area (Å²) in [5, 5.41) is 19.0. The second-order valence-corrected chi connectivity index (χ2v) is 4.70. The van der Waals surface area contributed by atoms with Crippen molar-refractivity contribution in [3.63, 3.8) is 0 Å². The zero-order valence-electron chi connectivity index (χ0n) is 10.2. The first-order valence-corrected chi connectivity index (χ1v) is 6.12. The summed E-state index contributed by atoms with van der Waals surface area (Å²) in [4.78, 5) is 19.3. The van der Waals surface area contributed by atoms with Crippen molar-refractivity contribution < 1.29 is 15.0 Å². The van der Waals surface area contributed by atoms with Crippen molar-refractivity contribution in [3.05, 3.63) is 22.8 Å². The molecule has 0 fully saturated rings. The zero-order chi connectivity index (χ0) is 13.6. The summed E-state index contributed by atoms with van der Waals surface area (Å²) in [6.07, 6.45) is 3.76. The number of aryl methyl sites for hydroxylation is 2. The Kier molecular flexibility index (Phi) is 2.51. The van der Waals surface area contributed by atoms with E-state index in [0.717, 1.165) is 36.8 Å². The van der Waals surface area contributed by atoms with E-state index in [1.54, 1.807) is 6.07 Å². The number of nitrogens with zero attached hydrogens (tertiary/aromatic N) is 2. The third-order valence-corrected chi connectivity index (χ3v) is 3.50. The van der Waals surface area contributed by atoms with E-state index in [1.807, 2.05) is 0 Å². The van der Waals surface area contributed by atoms with Crippen molar-refractivity contribution in [2.24, 2.45) is 5.73 Å². The van der Waals surface area contributed by atoms with E-state index < -0.39 is 17.7 Å². The van der Waals surface area contributed by atoms with E-state index in [1.165, 1.54) is 0 Å². The fraction of sp³-hybridized carbons (Fsp3) is 0.308. The minimum atomic E-state index is -0.613. The molecule has 6 heteroatoms. The van der Waals surface area contributed by atoms with Crippen LogP contribution in [0.2, 0.25) is 0 Å². The van der Waals surface area contributed by atoms with Crippen LogP contribution < -0.4 is 5.73 Å². The summed E-state index contributed by atoms with van der Waals surface area (Å²) >= 11 is 0. The normalized spacial score (nSPS) is 14.3. The first-order valence-electron chi connectivity index (χ1n) is 6.12. The number of benzene rings is 1. The monoisotopic (exact) mass is 259 g/mol. The van der Waals surface area contributed by atoms with Crippen LogP contribution in [0.4, 0.5) is 0 Å². The SMILES string of the molecule is NC(=O)c1cc2c(c3nc(O)c(O)nc13)CCCC2. The van der Waals surface area contributed by atoms with Gasteiger partial charge in [-0.2, -0.15) is 0 Å². The molecule has 0 spiro atoms. The Hall–Kier alpha value is -2.37. The van der Waals surface area contributed by atoms with Gasteiger partial charge in [-0.25, -0.2) is 9.97 Å². The van der Waals surface area contributed by atoms with Gasteiger partial charge < -0.3 is 15.9 Å². The maximum atomic E-state index is 11.5. The van der Waals surface area contributed by atoms with E-state index in [2.05, 4.69) is 9.97 Å². The van der Waals surface area contributed by atoms with Crippen LogP contribution in [0.25, 0.3) is 11.0 Å². The Balaban J connectivity index is 2.43. The maximum Gasteiger partial charge on any atom is 0.276 e. The van der Waals surface area contributed by atoms with E-state index in [9.17, 15) is 15.0 Å². The van der Waals surface area contributed by atoms with Gasteiger partial charge in [-0.05, 0) is 42.9 Å². The van der Waals surface area contributed by atoms with Gasteiger partial charge in [0, 0.05) is 0 Å². The first kappa shape index (κ1) is 11.7. The maximum absolute atomic E-state index is 11.5. The highest BCUT2D eigenvalue weighted by molar-refractivity contribution is 6.05. The molecule has 19 heavy (non-hydrogen) atoms. The van der Waals surface area contributed by atoms with Crippen LogP contribution >= 0.6 is 0 Å². The molecule has 4 N–H and O–H groups in total. The Bertz CT molecular complexity index is 697. The number of hydrogen-bond acceptors (Lipinski definition) is 5. The van der Waals surface area contributed by atoms with Crippen molar-refractivity contribution in [2.75, 3.05) is 0 Å². The Morgan fingerprint density at radius 1 is 1.11 bits per heavy atom. The average molecular weight is 259 g/mol. The molecule has 1 amide bonds. The van der Waals surface area contributed by atoms with Crippen LogP contribution in [0.1, 0.15) is 34.3 Å². The van der Waals surface area contributed by atoms with E-state index in [-0.39, 0.29) is 11.1 Å². The van der Waals surface area contributed by atoms with Crippen LogP contribution in [0.3, 0.4) is 0 Å². The molecule has 98 valence electrons. The molecule has 0 saturated carbocycles. The second kappa shape index (κ2) is 4.08. The highest BCUT2D eigenvalue weighted by atomic mass is 16.3. The topological polar surface area (TPSA) is 109 Å². The summed E-state index contributed by atoms with van der Waals surface area (Å²) < 4.78 is 0. The smallest absolute Gasteiger partial charge is 0.276 e. The Labute approximate surface area is 108 Å². The van der Waals surface area contributed by atoms with Crippen LogP contribution in [-0.4, -0.2) is 26.1 Å². The third kappa shape index (κ3) is 1.76. The van der Waals surface area contributed by atoms with Crippen LogP contribution in [0.5, 0.6) is 11.8 Å². The molecule has 0 unspecified atom stereocenters. The van der Waals surface area contributed by atoms with Crippen molar-refractivity contribution >= 4 is 16.9 Å². The molecule has 3 rings (SSSR count). The molecular formula is C13H13N3O3. The minimum Gasteiger partial charge on any atom is -0.489 e. The van der Waals surface area contributed by atoms with Crippen molar-refractivity contribution in [1.82, 2.24) is 9.97 Å². The number of fused-ring (bicyclic) bond motifs is 3. The van der Waals surface area contributed by atoms with Gasteiger partial charge in [-0.15, -0.1) is 0 Å². The molecular weight excluding hydrogens is 246 g/mol. The second-order valence-electron chi connectivity index (χ2n) is 4.70. The number of amides is 1. The molecule has 0 atom stereocenters. The number of primary amides is 1. The number of carbonyl (C=O) groups is 1. The summed E-state index contributed by atoms with van der Waals surface area (Å²) in [5.74, 6) is -1.73. The highest BCUT2D eigenvalue weighted by Gasteiger charge is 2.21. The average Bonchev–Trinajstić information content (AvgIpc) is 2.39. The molecule has 1 aromatic carbocycles. The fourth-order valence-corrected chi connectivity index (χ4v) is 2.60. The van der Waals surface area contributed by atoms with Gasteiger partial charge in [-0.3, -0.25) is 4.79 Å². The number of hydrogen-bond donors (Lipinski definition) is 3. The molecule has 6 nitrogen and oxygen atoms in total. The summed E-state index contributed by atoms with van der Waals surface area (Å²) in [6, 6.07) is 1.73. The molecule has 1 heterocycles. The highest BCUT2D eigenvalue weighted by Crippen LogP contribution is 2.32. The fourth-order valence-electron chi connectivity index (χ4n) is 2.60. The molecule has 1 aliphatic rings. The van der Waals surface area contributed by atoms with E-state index in [0.29, 0.717) is 5.52 Å². The predicted molar refractivity (Wildman–Crippen MR) is 68.0 cm³/mol. The van der Waals surface area contributed by atoms with Crippen LogP contribution in [0.15, 0.2) is 6.07 Å². The molecule has 1 aromatic heterocycles. The largest absolute Gasteiger partial charge is 0.489 e. The Morgan fingerprint density at radius 3 is 2.42 bits per heavy atom. The summed E-state index contributed by atoms with van der Waals surface area (Å²) in [5.41, 5.74) is 8.30. The molecule has 0 radical (unpaired) electrons. The quantitative estimate of drug-likeness (QED) is 0.708. The van der Waals surface area contributed by atoms with Gasteiger partial charge in [0.2, 0.25) is 0 Å². The van der Waals surface area contributed by atoms with Crippen molar-refractivity contribution in [3.8, 4) is 11.8 Å². The van der Waals surface area contributed by atoms with Gasteiger partial charge in [-0.1, -0.05) is 0 Å². The summed E-state index contributed by atoms with van der Waals surface area (Å²) in [7, 11) is 0. The lowest BCUT2D eigenvalue weighted by Gasteiger charge is -2.18. The predicted octanol–water partition coefficient (Wildman–Crippen LogP) is 1.02. The van der Waals surface area contributed by atoms with E-state index >= 15 is 0 Å². The third-order valence-electron chi connectivity index (χ3n) is 3.50. The Morgan fingerprint density at radius 2 is 1.74 bits per heavy atom. The zero-order valence-corrected chi connectivity index (χ0v) is 10.2. The van der Waals surface area contributed by atoms with Crippen LogP contribution in [0, 0.1) is 0 Å².